The lowest BCUT2D eigenvalue weighted by Gasteiger charge is -2.56. The molecule has 1 atom stereocenters. The highest BCUT2D eigenvalue weighted by atomic mass is 16.5. The molecule has 1 spiro atoms. The van der Waals surface area contributed by atoms with Crippen LogP contribution in [0.5, 0.6) is 5.75 Å². The van der Waals surface area contributed by atoms with E-state index in [4.69, 9.17) is 4.74 Å². The summed E-state index contributed by atoms with van der Waals surface area (Å²) < 4.78 is 7.53. The van der Waals surface area contributed by atoms with Crippen LogP contribution in [0, 0.1) is 0 Å². The maximum absolute atomic E-state index is 13.5. The van der Waals surface area contributed by atoms with Gasteiger partial charge in [-0.3, -0.25) is 9.59 Å². The summed E-state index contributed by atoms with van der Waals surface area (Å²) in [5.74, 6) is 0.774. The number of aliphatic hydroxyl groups is 1. The van der Waals surface area contributed by atoms with Gasteiger partial charge >= 0.3 is 0 Å². The molecule has 33 heavy (non-hydrogen) atoms. The van der Waals surface area contributed by atoms with Crippen LogP contribution < -0.4 is 4.74 Å². The van der Waals surface area contributed by atoms with Gasteiger partial charge in [0.1, 0.15) is 5.75 Å². The molecule has 3 heterocycles. The van der Waals surface area contributed by atoms with Gasteiger partial charge in [0.05, 0.1) is 37.1 Å². The Kier molecular flexibility index (Phi) is 5.16. The molecule has 2 aromatic carbocycles. The molecular weight excluding hydrogens is 418 g/mol. The highest BCUT2D eigenvalue weighted by Crippen LogP contribution is 2.49. The number of benzene rings is 2. The summed E-state index contributed by atoms with van der Waals surface area (Å²) in [5, 5.41) is 11.6. The van der Waals surface area contributed by atoms with Crippen molar-refractivity contribution in [1.82, 2.24) is 14.4 Å². The Morgan fingerprint density at radius 3 is 2.48 bits per heavy atom. The van der Waals surface area contributed by atoms with Gasteiger partial charge in [0.15, 0.2) is 0 Å². The zero-order valence-electron chi connectivity index (χ0n) is 19.2. The topological polar surface area (TPSA) is 75.0 Å². The van der Waals surface area contributed by atoms with Crippen molar-refractivity contribution >= 4 is 22.7 Å². The van der Waals surface area contributed by atoms with Crippen LogP contribution in [-0.2, 0) is 28.5 Å². The van der Waals surface area contributed by atoms with E-state index < -0.39 is 6.04 Å². The molecular formula is C26H29N3O4. The van der Waals surface area contributed by atoms with Crippen molar-refractivity contribution in [1.29, 1.82) is 0 Å². The molecule has 1 saturated heterocycles. The van der Waals surface area contributed by atoms with E-state index in [-0.39, 0.29) is 30.3 Å². The van der Waals surface area contributed by atoms with E-state index in [9.17, 15) is 14.7 Å². The monoisotopic (exact) mass is 447 g/mol. The minimum absolute atomic E-state index is 0.0191. The van der Waals surface area contributed by atoms with Crippen molar-refractivity contribution in [2.24, 2.45) is 7.05 Å². The number of amides is 2. The number of rotatable bonds is 4. The van der Waals surface area contributed by atoms with Crippen molar-refractivity contribution in [3.63, 3.8) is 0 Å². The lowest BCUT2D eigenvalue weighted by Crippen LogP contribution is -2.68. The second-order valence-corrected chi connectivity index (χ2v) is 9.24. The standard InChI is InChI=1S/C26H29N3O4/c1-17(31)28-14-26(15-28)16-29(23(32)11-18-7-5-4-6-8-18)22(13-30)25-24(26)20-10-9-19(33-3)12-21(20)27(25)2/h4-10,12,22,30H,11,13-16H2,1-3H3/t22-/m1/s1. The third kappa shape index (κ3) is 3.30. The molecule has 2 aliphatic heterocycles. The number of likely N-dealkylation sites (tertiary alicyclic amines) is 1. The number of ether oxygens (including phenoxy) is 1. The Balaban J connectivity index is 1.64. The summed E-state index contributed by atoms with van der Waals surface area (Å²) >= 11 is 0. The second-order valence-electron chi connectivity index (χ2n) is 9.24. The maximum atomic E-state index is 13.5. The molecule has 0 aliphatic carbocycles. The van der Waals surface area contributed by atoms with Crippen LogP contribution in [0.25, 0.3) is 10.9 Å². The van der Waals surface area contributed by atoms with Gasteiger partial charge in [0, 0.05) is 50.8 Å². The molecule has 2 amide bonds. The van der Waals surface area contributed by atoms with E-state index in [1.807, 2.05) is 59.3 Å². The van der Waals surface area contributed by atoms with Gasteiger partial charge in [0.2, 0.25) is 11.8 Å². The molecule has 7 heteroatoms. The van der Waals surface area contributed by atoms with Crippen LogP contribution in [0.15, 0.2) is 48.5 Å². The number of hydrogen-bond donors (Lipinski definition) is 1. The van der Waals surface area contributed by atoms with Crippen LogP contribution in [0.3, 0.4) is 0 Å². The first-order valence-corrected chi connectivity index (χ1v) is 11.2. The number of aromatic nitrogens is 1. The van der Waals surface area contributed by atoms with Gasteiger partial charge in [0.25, 0.3) is 0 Å². The zero-order chi connectivity index (χ0) is 23.3. The summed E-state index contributed by atoms with van der Waals surface area (Å²) in [6, 6.07) is 15.2. The summed E-state index contributed by atoms with van der Waals surface area (Å²) in [7, 11) is 3.62. The lowest BCUT2D eigenvalue weighted by atomic mass is 9.68. The average molecular weight is 448 g/mol. The third-order valence-corrected chi connectivity index (χ3v) is 7.27. The van der Waals surface area contributed by atoms with Crippen LogP contribution in [0.4, 0.5) is 0 Å². The quantitative estimate of drug-likeness (QED) is 0.667. The Hall–Kier alpha value is -3.32. The third-order valence-electron chi connectivity index (χ3n) is 7.27. The molecule has 2 aliphatic rings. The molecule has 1 aromatic heterocycles. The summed E-state index contributed by atoms with van der Waals surface area (Å²) in [5.41, 5.74) is 3.67. The average Bonchev–Trinajstić information content (AvgIpc) is 3.09. The van der Waals surface area contributed by atoms with Crippen molar-refractivity contribution in [3.8, 4) is 5.75 Å². The smallest absolute Gasteiger partial charge is 0.227 e. The minimum Gasteiger partial charge on any atom is -0.497 e. The van der Waals surface area contributed by atoms with Gasteiger partial charge in [-0.25, -0.2) is 0 Å². The Bertz CT molecular complexity index is 1230. The molecule has 0 radical (unpaired) electrons. The zero-order valence-corrected chi connectivity index (χ0v) is 19.2. The Labute approximate surface area is 193 Å². The predicted molar refractivity (Wildman–Crippen MR) is 125 cm³/mol. The predicted octanol–water partition coefficient (Wildman–Crippen LogP) is 2.41. The van der Waals surface area contributed by atoms with Crippen molar-refractivity contribution in [3.05, 3.63) is 65.4 Å². The van der Waals surface area contributed by atoms with Gasteiger partial charge in [-0.05, 0) is 23.3 Å². The number of hydrogen-bond acceptors (Lipinski definition) is 4. The van der Waals surface area contributed by atoms with Gasteiger partial charge in [-0.2, -0.15) is 0 Å². The second kappa shape index (κ2) is 7.92. The lowest BCUT2D eigenvalue weighted by molar-refractivity contribution is -0.143. The highest BCUT2D eigenvalue weighted by molar-refractivity contribution is 5.90. The number of methoxy groups -OCH3 is 1. The fraction of sp³-hybridized carbons (Fsp3) is 0.385. The van der Waals surface area contributed by atoms with Crippen molar-refractivity contribution in [2.45, 2.75) is 24.8 Å². The molecule has 5 rings (SSSR count). The molecule has 1 fully saturated rings. The van der Waals surface area contributed by atoms with E-state index in [1.54, 1.807) is 14.0 Å². The molecule has 172 valence electrons. The number of carbonyl (C=O) groups is 2. The summed E-state index contributed by atoms with van der Waals surface area (Å²) in [6.45, 7) is 3.02. The molecule has 0 bridgehead atoms. The van der Waals surface area contributed by atoms with Crippen LogP contribution in [0.2, 0.25) is 0 Å². The number of aliphatic hydroxyl groups excluding tert-OH is 1. The number of carbonyl (C=O) groups excluding carboxylic acids is 2. The van der Waals surface area contributed by atoms with E-state index >= 15 is 0 Å². The van der Waals surface area contributed by atoms with Crippen LogP contribution in [-0.4, -0.2) is 64.6 Å². The van der Waals surface area contributed by atoms with Crippen LogP contribution >= 0.6 is 0 Å². The van der Waals surface area contributed by atoms with E-state index in [0.717, 1.165) is 33.5 Å². The fourth-order valence-electron chi connectivity index (χ4n) is 5.66. The van der Waals surface area contributed by atoms with Crippen molar-refractivity contribution < 1.29 is 19.4 Å². The molecule has 3 aromatic rings. The first-order valence-electron chi connectivity index (χ1n) is 11.2. The van der Waals surface area contributed by atoms with Crippen LogP contribution in [0.1, 0.15) is 29.8 Å². The number of nitrogens with zero attached hydrogens (tertiary/aromatic N) is 3. The number of fused-ring (bicyclic) bond motifs is 4. The van der Waals surface area contributed by atoms with Gasteiger partial charge < -0.3 is 24.2 Å². The van der Waals surface area contributed by atoms with E-state index in [0.29, 0.717) is 19.6 Å². The highest BCUT2D eigenvalue weighted by Gasteiger charge is 2.54. The summed E-state index contributed by atoms with van der Waals surface area (Å²) in [6.07, 6.45) is 0.275. The minimum atomic E-state index is -0.448. The first-order chi connectivity index (χ1) is 15.9. The van der Waals surface area contributed by atoms with E-state index in [1.165, 1.54) is 0 Å². The molecule has 0 unspecified atom stereocenters. The van der Waals surface area contributed by atoms with Gasteiger partial charge in [-0.1, -0.05) is 30.3 Å². The molecule has 0 saturated carbocycles. The SMILES string of the molecule is COc1ccc2c3c(n(C)c2c1)[C@@H](CO)N(C(=O)Cc1ccccc1)CC31CN(C(C)=O)C1. The Morgan fingerprint density at radius 2 is 1.85 bits per heavy atom. The maximum Gasteiger partial charge on any atom is 0.227 e. The summed E-state index contributed by atoms with van der Waals surface area (Å²) in [4.78, 5) is 29.2. The van der Waals surface area contributed by atoms with Gasteiger partial charge in [-0.15, -0.1) is 0 Å². The fourth-order valence-corrected chi connectivity index (χ4v) is 5.66. The normalized spacial score (nSPS) is 18.8. The van der Waals surface area contributed by atoms with Crippen molar-refractivity contribution in [2.75, 3.05) is 33.4 Å². The molecule has 7 nitrogen and oxygen atoms in total. The number of aryl methyl sites for hydroxylation is 1. The first kappa shape index (κ1) is 21.5. The largest absolute Gasteiger partial charge is 0.497 e. The Morgan fingerprint density at radius 1 is 1.12 bits per heavy atom. The molecule has 1 N–H and O–H groups in total. The van der Waals surface area contributed by atoms with E-state index in [2.05, 4.69) is 10.6 Å².